The molecule has 0 saturated carbocycles. The van der Waals surface area contributed by atoms with Gasteiger partial charge in [-0.3, -0.25) is 0 Å². The Morgan fingerprint density at radius 3 is 0.375 bits per heavy atom. The summed E-state index contributed by atoms with van der Waals surface area (Å²) in [4.78, 5) is 0. The van der Waals surface area contributed by atoms with Crippen LogP contribution in [0, 0.1) is 0 Å². The van der Waals surface area contributed by atoms with Crippen molar-refractivity contribution in [1.29, 1.82) is 0 Å². The molecule has 0 aromatic rings. The zero-order valence-corrected chi connectivity index (χ0v) is 12.5. The van der Waals surface area contributed by atoms with Crippen molar-refractivity contribution in [1.82, 2.24) is 0 Å². The molecule has 8 heteroatoms. The van der Waals surface area contributed by atoms with Gasteiger partial charge in [-0.15, -0.1) is 0 Å². The summed E-state index contributed by atoms with van der Waals surface area (Å²) < 4.78 is 0. The molecule has 0 amide bonds. The van der Waals surface area contributed by atoms with E-state index in [1.54, 1.807) is 0 Å². The zero-order chi connectivity index (χ0) is 0. The van der Waals surface area contributed by atoms with Crippen LogP contribution in [0.15, 0.2) is 0 Å². The predicted octanol–water partition coefficient (Wildman–Crippen LogP) is -9.47. The second kappa shape index (κ2) is 79.0. The molecule has 0 bridgehead atoms. The van der Waals surface area contributed by atoms with Crippen LogP contribution in [0.5, 0.6) is 0 Å². The Morgan fingerprint density at radius 2 is 0.375 bits per heavy atom. The fraction of sp³-hybridized carbons (Fsp3) is 0. The van der Waals surface area contributed by atoms with Gasteiger partial charge in [-0.2, -0.15) is 0 Å². The van der Waals surface area contributed by atoms with E-state index in [1.165, 1.54) is 0 Å². The first-order chi connectivity index (χ1) is 0. The van der Waals surface area contributed by atoms with Crippen molar-refractivity contribution in [2.24, 2.45) is 0 Å². The fourth-order valence-corrected chi connectivity index (χ4v) is 0. The Kier molecular flexibility index (Phi) is 1040. The first-order valence-corrected chi connectivity index (χ1v) is 0. The Hall–Kier alpha value is 3.42. The van der Waals surface area contributed by atoms with Gasteiger partial charge in [-0.1, -0.05) is 0 Å². The molecule has 0 aliphatic carbocycles. The standard InChI is InChI=1S/3Na.4O.V/q3*+1;4*-2;. The van der Waals surface area contributed by atoms with Gasteiger partial charge in [-0.05, 0) is 0 Å². The maximum Gasteiger partial charge on any atom is 1.00 e. The van der Waals surface area contributed by atoms with Crippen LogP contribution in [-0.4, -0.2) is 0 Å². The molecule has 0 heterocycles. The van der Waals surface area contributed by atoms with Crippen LogP contribution < -0.4 is 88.7 Å². The molecule has 4 nitrogen and oxygen atoms in total. The Morgan fingerprint density at radius 1 is 0.375 bits per heavy atom. The number of hydrogen-bond acceptors (Lipinski definition) is 0. The average Bonchev–Trinajstić information content (AvgIpc) is 0. The van der Waals surface area contributed by atoms with Gasteiger partial charge in [0.2, 0.25) is 0 Å². The SMILES string of the molecule is [Na+].[Na+].[Na+].[O-2].[O-2].[O-2].[O-2].[V]. The van der Waals surface area contributed by atoms with Crippen molar-refractivity contribution in [3.8, 4) is 0 Å². The first kappa shape index (κ1) is 106. The van der Waals surface area contributed by atoms with E-state index in [9.17, 15) is 0 Å². The maximum absolute atomic E-state index is 0. The monoisotopic (exact) mass is 184 g/mol. The molecule has 0 fully saturated rings. The number of rotatable bonds is 0. The molecule has 0 aromatic carbocycles. The maximum atomic E-state index is 0. The summed E-state index contributed by atoms with van der Waals surface area (Å²) in [5.41, 5.74) is 0. The van der Waals surface area contributed by atoms with Crippen LogP contribution in [0.3, 0.4) is 0 Å². The third-order valence-electron chi connectivity index (χ3n) is 0. The molecular weight excluding hydrogens is 184 g/mol. The van der Waals surface area contributed by atoms with E-state index in [4.69, 9.17) is 0 Å². The summed E-state index contributed by atoms with van der Waals surface area (Å²) in [5.74, 6) is 0. The summed E-state index contributed by atoms with van der Waals surface area (Å²) in [6.45, 7) is 0. The average molecular weight is 184 g/mol. The van der Waals surface area contributed by atoms with Crippen molar-refractivity contribution in [3.05, 3.63) is 0 Å². The summed E-state index contributed by atoms with van der Waals surface area (Å²) >= 11 is 0. The molecule has 0 aromatic heterocycles. The normalized spacial score (nSPS) is 0. The minimum absolute atomic E-state index is 0. The molecule has 0 unspecified atom stereocenters. The van der Waals surface area contributed by atoms with Crippen molar-refractivity contribution in [3.63, 3.8) is 0 Å². The van der Waals surface area contributed by atoms with Crippen LogP contribution in [0.2, 0.25) is 0 Å². The molecular formula is Na3O4V-5. The summed E-state index contributed by atoms with van der Waals surface area (Å²) in [5, 5.41) is 0. The van der Waals surface area contributed by atoms with Crippen molar-refractivity contribution < 1.29 is 129 Å². The van der Waals surface area contributed by atoms with E-state index in [1.807, 2.05) is 0 Å². The smallest absolute Gasteiger partial charge is 1.00 e. The Bertz CT molecular complexity index is 11.2. The minimum atomic E-state index is 0. The molecule has 0 aliphatic heterocycles. The van der Waals surface area contributed by atoms with Crippen molar-refractivity contribution in [2.75, 3.05) is 0 Å². The van der Waals surface area contributed by atoms with Crippen LogP contribution in [-0.2, 0) is 40.5 Å². The summed E-state index contributed by atoms with van der Waals surface area (Å²) in [7, 11) is 0. The van der Waals surface area contributed by atoms with Crippen LogP contribution in [0.1, 0.15) is 0 Å². The van der Waals surface area contributed by atoms with Gasteiger partial charge in [0, 0.05) is 18.6 Å². The van der Waals surface area contributed by atoms with E-state index < -0.39 is 0 Å². The second-order valence-corrected chi connectivity index (χ2v) is 0. The molecule has 8 heavy (non-hydrogen) atoms. The van der Waals surface area contributed by atoms with Gasteiger partial charge in [-0.25, -0.2) is 0 Å². The fourth-order valence-electron chi connectivity index (χ4n) is 0. The van der Waals surface area contributed by atoms with Crippen LogP contribution in [0.4, 0.5) is 0 Å². The van der Waals surface area contributed by atoms with E-state index >= 15 is 0 Å². The van der Waals surface area contributed by atoms with E-state index in [0.29, 0.717) is 0 Å². The topological polar surface area (TPSA) is 114 Å². The van der Waals surface area contributed by atoms with Gasteiger partial charge in [0.1, 0.15) is 0 Å². The van der Waals surface area contributed by atoms with E-state index in [-0.39, 0.29) is 129 Å². The molecule has 0 aliphatic rings. The molecule has 0 spiro atoms. The van der Waals surface area contributed by atoms with Crippen molar-refractivity contribution >= 4 is 0 Å². The minimum Gasteiger partial charge on any atom is -2.00 e. The number of hydrogen-bond donors (Lipinski definition) is 0. The van der Waals surface area contributed by atoms with Crippen molar-refractivity contribution in [2.45, 2.75) is 0 Å². The molecule has 0 saturated heterocycles. The molecule has 0 rings (SSSR count). The van der Waals surface area contributed by atoms with E-state index in [0.717, 1.165) is 0 Å². The van der Waals surface area contributed by atoms with Crippen LogP contribution in [0.25, 0.3) is 0 Å². The van der Waals surface area contributed by atoms with Gasteiger partial charge < -0.3 is 21.9 Å². The first-order valence-electron chi connectivity index (χ1n) is 0. The summed E-state index contributed by atoms with van der Waals surface area (Å²) in [6.07, 6.45) is 0. The van der Waals surface area contributed by atoms with Gasteiger partial charge in [0.05, 0.1) is 0 Å². The van der Waals surface area contributed by atoms with Crippen LogP contribution >= 0.6 is 0 Å². The molecule has 0 N–H and O–H groups in total. The Balaban J connectivity index is 0. The molecule has 1 radical (unpaired) electrons. The van der Waals surface area contributed by atoms with E-state index in [2.05, 4.69) is 0 Å². The predicted molar refractivity (Wildman–Crippen MR) is 2.75 cm³/mol. The zero-order valence-electron chi connectivity index (χ0n) is 5.08. The second-order valence-electron chi connectivity index (χ2n) is 0. The third-order valence-corrected chi connectivity index (χ3v) is 0. The molecule has 0 atom stereocenters. The third kappa shape index (κ3) is 57.0. The molecule has 37 valence electrons. The summed E-state index contributed by atoms with van der Waals surface area (Å²) in [6, 6.07) is 0. The van der Waals surface area contributed by atoms with Gasteiger partial charge in [0.15, 0.2) is 0 Å². The van der Waals surface area contributed by atoms with Gasteiger partial charge >= 0.3 is 88.7 Å². The quantitative estimate of drug-likeness (QED) is 0.332. The van der Waals surface area contributed by atoms with Gasteiger partial charge in [0.25, 0.3) is 0 Å². The Labute approximate surface area is 127 Å². The largest absolute Gasteiger partial charge is 2.00 e.